The zero-order chi connectivity index (χ0) is 9.92. The van der Waals surface area contributed by atoms with Crippen LogP contribution in [0.4, 0.5) is 0 Å². The summed E-state index contributed by atoms with van der Waals surface area (Å²) in [4.78, 5) is 23.5. The predicted molar refractivity (Wildman–Crippen MR) is 51.7 cm³/mol. The molecule has 0 N–H and O–H groups in total. The van der Waals surface area contributed by atoms with Gasteiger partial charge in [-0.15, -0.1) is 0 Å². The van der Waals surface area contributed by atoms with Crippen LogP contribution < -0.4 is 0 Å². The Bertz CT molecular complexity index is 318. The first-order valence-electron chi connectivity index (χ1n) is 5.71. The second-order valence-electron chi connectivity index (χ2n) is 5.32. The Morgan fingerprint density at radius 2 is 1.93 bits per heavy atom. The van der Waals surface area contributed by atoms with E-state index < -0.39 is 0 Å². The minimum Gasteiger partial charge on any atom is -0.299 e. The van der Waals surface area contributed by atoms with Gasteiger partial charge in [0.1, 0.15) is 11.6 Å². The van der Waals surface area contributed by atoms with E-state index in [9.17, 15) is 9.59 Å². The maximum absolute atomic E-state index is 11.8. The van der Waals surface area contributed by atoms with Crippen molar-refractivity contribution in [3.63, 3.8) is 0 Å². The van der Waals surface area contributed by atoms with Crippen LogP contribution in [0.5, 0.6) is 0 Å². The molecular weight excluding hydrogens is 176 g/mol. The number of Topliss-reactive ketones (excluding diaryl/α,β-unsaturated/α-hetero) is 2. The van der Waals surface area contributed by atoms with E-state index in [-0.39, 0.29) is 17.3 Å². The first kappa shape index (κ1) is 8.63. The minimum atomic E-state index is 0.119. The highest BCUT2D eigenvalue weighted by molar-refractivity contribution is 5.93. The molecule has 3 rings (SSSR count). The number of hydrogen-bond acceptors (Lipinski definition) is 2. The molecule has 0 aromatic heterocycles. The van der Waals surface area contributed by atoms with Crippen molar-refractivity contribution >= 4 is 11.6 Å². The molecule has 0 radical (unpaired) electrons. The van der Waals surface area contributed by atoms with Gasteiger partial charge < -0.3 is 0 Å². The van der Waals surface area contributed by atoms with Crippen LogP contribution in [0.15, 0.2) is 0 Å². The molecule has 0 aliphatic heterocycles. The molecule has 3 aliphatic carbocycles. The normalized spacial score (nSPS) is 51.1. The van der Waals surface area contributed by atoms with Gasteiger partial charge in [-0.3, -0.25) is 9.59 Å². The molecule has 3 fully saturated rings. The van der Waals surface area contributed by atoms with E-state index in [0.29, 0.717) is 30.3 Å². The fourth-order valence-corrected chi connectivity index (χ4v) is 4.43. The largest absolute Gasteiger partial charge is 0.299 e. The highest BCUT2D eigenvalue weighted by Gasteiger charge is 2.64. The summed E-state index contributed by atoms with van der Waals surface area (Å²) in [6, 6.07) is 0. The predicted octanol–water partition coefficient (Wildman–Crippen LogP) is 1.97. The van der Waals surface area contributed by atoms with Gasteiger partial charge in [-0.25, -0.2) is 0 Å². The van der Waals surface area contributed by atoms with Crippen molar-refractivity contribution in [1.29, 1.82) is 0 Å². The van der Waals surface area contributed by atoms with E-state index in [1.54, 1.807) is 0 Å². The Balaban J connectivity index is 2.09. The molecule has 0 bridgehead atoms. The van der Waals surface area contributed by atoms with E-state index in [4.69, 9.17) is 0 Å². The maximum Gasteiger partial charge on any atom is 0.136 e. The van der Waals surface area contributed by atoms with Crippen molar-refractivity contribution in [2.45, 2.75) is 39.0 Å². The highest BCUT2D eigenvalue weighted by Crippen LogP contribution is 2.64. The standard InChI is InChI=1S/C12H16O2/c1-7-10(13)5-8-6-11(14)9-3-2-4-12(7,8)9/h7-9H,2-6H2,1H3/t7-,8-,9-,12-/m0/s1. The first-order valence-corrected chi connectivity index (χ1v) is 5.71. The highest BCUT2D eigenvalue weighted by atomic mass is 16.1. The van der Waals surface area contributed by atoms with Crippen molar-refractivity contribution in [2.24, 2.45) is 23.2 Å². The summed E-state index contributed by atoms with van der Waals surface area (Å²) in [6.45, 7) is 2.05. The third kappa shape index (κ3) is 0.745. The molecule has 0 amide bonds. The summed E-state index contributed by atoms with van der Waals surface area (Å²) in [5.74, 6) is 1.67. The van der Waals surface area contributed by atoms with Crippen molar-refractivity contribution in [1.82, 2.24) is 0 Å². The number of rotatable bonds is 0. The van der Waals surface area contributed by atoms with E-state index in [1.165, 1.54) is 0 Å². The number of carbonyl (C=O) groups excluding carboxylic acids is 2. The van der Waals surface area contributed by atoms with Gasteiger partial charge in [-0.05, 0) is 24.2 Å². The number of ketones is 2. The molecule has 0 saturated heterocycles. The molecule has 14 heavy (non-hydrogen) atoms. The van der Waals surface area contributed by atoms with Crippen molar-refractivity contribution < 1.29 is 9.59 Å². The van der Waals surface area contributed by atoms with Crippen molar-refractivity contribution in [3.05, 3.63) is 0 Å². The van der Waals surface area contributed by atoms with Gasteiger partial charge in [0.15, 0.2) is 0 Å². The SMILES string of the molecule is C[C@H]1C(=O)C[C@H]2CC(=O)[C@@H]3CCC[C@@]213. The van der Waals surface area contributed by atoms with Crippen LogP contribution in [-0.2, 0) is 9.59 Å². The summed E-state index contributed by atoms with van der Waals surface area (Å²) in [5, 5.41) is 0. The topological polar surface area (TPSA) is 34.1 Å². The van der Waals surface area contributed by atoms with Gasteiger partial charge in [-0.1, -0.05) is 13.3 Å². The smallest absolute Gasteiger partial charge is 0.136 e. The Labute approximate surface area is 84.1 Å². The molecule has 0 heterocycles. The lowest BCUT2D eigenvalue weighted by Gasteiger charge is -2.32. The third-order valence-electron chi connectivity index (χ3n) is 5.08. The third-order valence-corrected chi connectivity index (χ3v) is 5.08. The van der Waals surface area contributed by atoms with Crippen LogP contribution in [0.1, 0.15) is 39.0 Å². The molecule has 4 atom stereocenters. The van der Waals surface area contributed by atoms with Crippen molar-refractivity contribution in [3.8, 4) is 0 Å². The number of hydrogen-bond donors (Lipinski definition) is 0. The minimum absolute atomic E-state index is 0.119. The van der Waals surface area contributed by atoms with E-state index in [1.807, 2.05) is 0 Å². The van der Waals surface area contributed by atoms with Crippen molar-refractivity contribution in [2.75, 3.05) is 0 Å². The molecule has 0 aromatic rings. The number of carbonyl (C=O) groups is 2. The van der Waals surface area contributed by atoms with Gasteiger partial charge in [0.2, 0.25) is 0 Å². The second-order valence-corrected chi connectivity index (χ2v) is 5.32. The molecule has 0 aromatic carbocycles. The lowest BCUT2D eigenvalue weighted by atomic mass is 9.70. The fourth-order valence-electron chi connectivity index (χ4n) is 4.43. The van der Waals surface area contributed by atoms with Crippen LogP contribution in [-0.4, -0.2) is 11.6 Å². The molecule has 3 saturated carbocycles. The zero-order valence-corrected chi connectivity index (χ0v) is 8.58. The quantitative estimate of drug-likeness (QED) is 0.588. The summed E-state index contributed by atoms with van der Waals surface area (Å²) < 4.78 is 0. The molecule has 2 nitrogen and oxygen atoms in total. The van der Waals surface area contributed by atoms with Gasteiger partial charge in [0.25, 0.3) is 0 Å². The Kier molecular flexibility index (Phi) is 1.52. The lowest BCUT2D eigenvalue weighted by molar-refractivity contribution is -0.125. The molecule has 1 spiro atoms. The average Bonchev–Trinajstić information content (AvgIpc) is 2.73. The summed E-state index contributed by atoms with van der Waals surface area (Å²) in [7, 11) is 0. The summed E-state index contributed by atoms with van der Waals surface area (Å²) >= 11 is 0. The molecular formula is C12H16O2. The second kappa shape index (κ2) is 2.47. The Morgan fingerprint density at radius 1 is 1.21 bits per heavy atom. The Morgan fingerprint density at radius 3 is 2.71 bits per heavy atom. The molecule has 76 valence electrons. The van der Waals surface area contributed by atoms with Gasteiger partial charge in [-0.2, -0.15) is 0 Å². The lowest BCUT2D eigenvalue weighted by Crippen LogP contribution is -2.32. The monoisotopic (exact) mass is 192 g/mol. The van der Waals surface area contributed by atoms with E-state index in [0.717, 1.165) is 19.3 Å². The Hall–Kier alpha value is -0.660. The van der Waals surface area contributed by atoms with Crippen LogP contribution >= 0.6 is 0 Å². The fraction of sp³-hybridized carbons (Fsp3) is 0.833. The van der Waals surface area contributed by atoms with E-state index >= 15 is 0 Å². The van der Waals surface area contributed by atoms with Crippen LogP contribution in [0.2, 0.25) is 0 Å². The first-order chi connectivity index (χ1) is 6.66. The van der Waals surface area contributed by atoms with Crippen LogP contribution in [0.3, 0.4) is 0 Å². The van der Waals surface area contributed by atoms with Crippen LogP contribution in [0.25, 0.3) is 0 Å². The van der Waals surface area contributed by atoms with Gasteiger partial charge in [0, 0.05) is 24.7 Å². The molecule has 3 aliphatic rings. The van der Waals surface area contributed by atoms with Crippen LogP contribution in [0, 0.1) is 23.2 Å². The maximum atomic E-state index is 11.8. The summed E-state index contributed by atoms with van der Waals surface area (Å²) in [6.07, 6.45) is 4.71. The molecule has 2 heteroatoms. The van der Waals surface area contributed by atoms with E-state index in [2.05, 4.69) is 6.92 Å². The average molecular weight is 192 g/mol. The molecule has 0 unspecified atom stereocenters. The van der Waals surface area contributed by atoms with Gasteiger partial charge in [0.05, 0.1) is 0 Å². The van der Waals surface area contributed by atoms with Gasteiger partial charge >= 0.3 is 0 Å². The summed E-state index contributed by atoms with van der Waals surface area (Å²) in [5.41, 5.74) is 0.119. The zero-order valence-electron chi connectivity index (χ0n) is 8.58.